The summed E-state index contributed by atoms with van der Waals surface area (Å²) in [5, 5.41) is 11.3. The third-order valence-electron chi connectivity index (χ3n) is 2.23. The maximum atomic E-state index is 13.5. The molecule has 0 saturated heterocycles. The Kier molecular flexibility index (Phi) is 2.89. The van der Waals surface area contributed by atoms with Crippen molar-refractivity contribution in [3.05, 3.63) is 51.7 Å². The second-order valence-electron chi connectivity index (χ2n) is 3.31. The van der Waals surface area contributed by atoms with Gasteiger partial charge in [-0.05, 0) is 11.4 Å². The fraction of sp³-hybridized carbons (Fsp3) is 0.0909. The van der Waals surface area contributed by atoms with E-state index in [1.165, 1.54) is 11.3 Å². The smallest absolute Gasteiger partial charge is 0.134 e. The highest BCUT2D eigenvalue weighted by Gasteiger charge is 2.19. The molecule has 1 aromatic heterocycles. The van der Waals surface area contributed by atoms with Gasteiger partial charge in [-0.15, -0.1) is 11.3 Å². The summed E-state index contributed by atoms with van der Waals surface area (Å²) in [7, 11) is 0. The predicted octanol–water partition coefficient (Wildman–Crippen LogP) is 2.78. The third kappa shape index (κ3) is 1.91. The number of hydrogen-bond acceptors (Lipinski definition) is 3. The SMILES string of the molecule is N[C@H](c1cccs1)c1c(O)cc(F)cc1F. The monoisotopic (exact) mass is 241 g/mol. The summed E-state index contributed by atoms with van der Waals surface area (Å²) in [5.74, 6) is -2.12. The molecule has 0 unspecified atom stereocenters. The molecule has 0 radical (unpaired) electrons. The van der Waals surface area contributed by atoms with Gasteiger partial charge in [0.1, 0.15) is 17.4 Å². The van der Waals surface area contributed by atoms with E-state index in [9.17, 15) is 13.9 Å². The van der Waals surface area contributed by atoms with Crippen molar-refractivity contribution in [2.45, 2.75) is 6.04 Å². The summed E-state index contributed by atoms with van der Waals surface area (Å²) >= 11 is 1.35. The van der Waals surface area contributed by atoms with Crippen molar-refractivity contribution >= 4 is 11.3 Å². The van der Waals surface area contributed by atoms with Gasteiger partial charge in [0.25, 0.3) is 0 Å². The molecule has 0 aliphatic heterocycles. The molecule has 2 aromatic rings. The molecule has 5 heteroatoms. The molecule has 0 fully saturated rings. The first-order valence-electron chi connectivity index (χ1n) is 4.56. The van der Waals surface area contributed by atoms with Crippen LogP contribution >= 0.6 is 11.3 Å². The Morgan fingerprint density at radius 2 is 2.06 bits per heavy atom. The van der Waals surface area contributed by atoms with Crippen LogP contribution in [0.5, 0.6) is 5.75 Å². The number of rotatable bonds is 2. The van der Waals surface area contributed by atoms with Crippen molar-refractivity contribution in [2.75, 3.05) is 0 Å². The van der Waals surface area contributed by atoms with Crippen LogP contribution in [0.2, 0.25) is 0 Å². The van der Waals surface area contributed by atoms with Crippen molar-refractivity contribution in [3.63, 3.8) is 0 Å². The standard InChI is InChI=1S/C11H9F2NOS/c12-6-4-7(13)10(8(15)5-6)11(14)9-2-1-3-16-9/h1-5,11,15H,14H2/t11-/m1/s1. The van der Waals surface area contributed by atoms with Crippen molar-refractivity contribution in [2.24, 2.45) is 5.73 Å². The Balaban J connectivity index is 2.48. The third-order valence-corrected chi connectivity index (χ3v) is 3.19. The van der Waals surface area contributed by atoms with Crippen molar-refractivity contribution < 1.29 is 13.9 Å². The van der Waals surface area contributed by atoms with Gasteiger partial charge < -0.3 is 10.8 Å². The van der Waals surface area contributed by atoms with E-state index in [4.69, 9.17) is 5.73 Å². The number of thiophene rings is 1. The Hall–Kier alpha value is -1.46. The lowest BCUT2D eigenvalue weighted by atomic mass is 10.0. The zero-order chi connectivity index (χ0) is 11.7. The van der Waals surface area contributed by atoms with E-state index in [-0.39, 0.29) is 5.56 Å². The van der Waals surface area contributed by atoms with Gasteiger partial charge in [-0.3, -0.25) is 0 Å². The molecule has 84 valence electrons. The van der Waals surface area contributed by atoms with Gasteiger partial charge in [-0.1, -0.05) is 6.07 Å². The first kappa shape index (κ1) is 11.0. The molecule has 0 aliphatic rings. The highest BCUT2D eigenvalue weighted by atomic mass is 32.1. The van der Waals surface area contributed by atoms with Gasteiger partial charge >= 0.3 is 0 Å². The fourth-order valence-electron chi connectivity index (χ4n) is 1.49. The van der Waals surface area contributed by atoms with Crippen LogP contribution in [0.1, 0.15) is 16.5 Å². The highest BCUT2D eigenvalue weighted by molar-refractivity contribution is 7.10. The van der Waals surface area contributed by atoms with Gasteiger partial charge in [-0.25, -0.2) is 8.78 Å². The van der Waals surface area contributed by atoms with Gasteiger partial charge in [0.15, 0.2) is 0 Å². The molecule has 0 aliphatic carbocycles. The summed E-state index contributed by atoms with van der Waals surface area (Å²) < 4.78 is 26.3. The number of hydrogen-bond donors (Lipinski definition) is 2. The maximum absolute atomic E-state index is 13.5. The summed E-state index contributed by atoms with van der Waals surface area (Å²) in [6.45, 7) is 0. The first-order chi connectivity index (χ1) is 7.59. The Morgan fingerprint density at radius 3 is 2.62 bits per heavy atom. The summed E-state index contributed by atoms with van der Waals surface area (Å²) in [6, 6.07) is 4.30. The minimum Gasteiger partial charge on any atom is -0.507 e. The lowest BCUT2D eigenvalue weighted by molar-refractivity contribution is 0.446. The number of aromatic hydroxyl groups is 1. The molecular formula is C11H9F2NOS. The minimum atomic E-state index is -0.835. The predicted molar refractivity (Wildman–Crippen MR) is 58.4 cm³/mol. The highest BCUT2D eigenvalue weighted by Crippen LogP contribution is 2.32. The molecule has 0 spiro atoms. The number of phenolic OH excluding ortho intramolecular Hbond substituents is 1. The minimum absolute atomic E-state index is 0.0798. The summed E-state index contributed by atoms with van der Waals surface area (Å²) in [6.07, 6.45) is 0. The lowest BCUT2D eigenvalue weighted by Gasteiger charge is -2.13. The lowest BCUT2D eigenvalue weighted by Crippen LogP contribution is -2.12. The van der Waals surface area contributed by atoms with Gasteiger partial charge in [0, 0.05) is 17.0 Å². The number of nitrogens with two attached hydrogens (primary N) is 1. The molecule has 1 heterocycles. The van der Waals surface area contributed by atoms with Crippen LogP contribution in [0.3, 0.4) is 0 Å². The van der Waals surface area contributed by atoms with E-state index in [2.05, 4.69) is 0 Å². The molecule has 16 heavy (non-hydrogen) atoms. The maximum Gasteiger partial charge on any atom is 0.134 e. The first-order valence-corrected chi connectivity index (χ1v) is 5.44. The van der Waals surface area contributed by atoms with Gasteiger partial charge in [0.05, 0.1) is 11.6 Å². The second-order valence-corrected chi connectivity index (χ2v) is 4.29. The van der Waals surface area contributed by atoms with Gasteiger partial charge in [-0.2, -0.15) is 0 Å². The second kappa shape index (κ2) is 4.19. The Morgan fingerprint density at radius 1 is 1.31 bits per heavy atom. The molecule has 0 amide bonds. The van der Waals surface area contributed by atoms with E-state index < -0.39 is 23.4 Å². The van der Waals surface area contributed by atoms with Crippen molar-refractivity contribution in [3.8, 4) is 5.75 Å². The number of phenols is 1. The average Bonchev–Trinajstić information content (AvgIpc) is 2.67. The largest absolute Gasteiger partial charge is 0.507 e. The molecule has 1 aromatic carbocycles. The van der Waals surface area contributed by atoms with Crippen molar-refractivity contribution in [1.82, 2.24) is 0 Å². The van der Waals surface area contributed by atoms with Crippen LogP contribution in [0.15, 0.2) is 29.6 Å². The zero-order valence-electron chi connectivity index (χ0n) is 8.15. The molecule has 2 rings (SSSR count). The molecule has 0 bridgehead atoms. The van der Waals surface area contributed by atoms with E-state index in [1.54, 1.807) is 17.5 Å². The number of halogens is 2. The van der Waals surface area contributed by atoms with Crippen LogP contribution in [0.4, 0.5) is 8.78 Å². The molecule has 3 N–H and O–H groups in total. The fourth-order valence-corrected chi connectivity index (χ4v) is 2.23. The normalized spacial score (nSPS) is 12.7. The topological polar surface area (TPSA) is 46.2 Å². The Bertz CT molecular complexity index is 476. The van der Waals surface area contributed by atoms with Crippen molar-refractivity contribution in [1.29, 1.82) is 0 Å². The Labute approximate surface area is 95.0 Å². The van der Waals surface area contributed by atoms with E-state index in [0.717, 1.165) is 6.07 Å². The van der Waals surface area contributed by atoms with E-state index in [1.807, 2.05) is 0 Å². The molecule has 1 atom stereocenters. The zero-order valence-corrected chi connectivity index (χ0v) is 8.97. The van der Waals surface area contributed by atoms with Crippen LogP contribution in [0.25, 0.3) is 0 Å². The van der Waals surface area contributed by atoms with Crippen LogP contribution in [-0.2, 0) is 0 Å². The van der Waals surface area contributed by atoms with E-state index >= 15 is 0 Å². The average molecular weight is 241 g/mol. The summed E-state index contributed by atoms with van der Waals surface area (Å²) in [5.41, 5.74) is 5.72. The van der Waals surface area contributed by atoms with Crippen LogP contribution in [-0.4, -0.2) is 5.11 Å². The van der Waals surface area contributed by atoms with E-state index in [0.29, 0.717) is 10.9 Å². The van der Waals surface area contributed by atoms with Crippen LogP contribution in [0, 0.1) is 11.6 Å². The van der Waals surface area contributed by atoms with Gasteiger partial charge in [0.2, 0.25) is 0 Å². The number of benzene rings is 1. The molecular weight excluding hydrogens is 232 g/mol. The summed E-state index contributed by atoms with van der Waals surface area (Å²) in [4.78, 5) is 0.709. The molecule has 0 saturated carbocycles. The molecule has 2 nitrogen and oxygen atoms in total. The quantitative estimate of drug-likeness (QED) is 0.849. The van der Waals surface area contributed by atoms with Crippen LogP contribution < -0.4 is 5.73 Å².